The van der Waals surface area contributed by atoms with Crippen LogP contribution in [-0.2, 0) is 11.3 Å². The number of para-hydroxylation sites is 1. The van der Waals surface area contributed by atoms with Crippen LogP contribution in [0.4, 0.5) is 8.78 Å². The number of epoxide rings is 1. The largest absolute Gasteiger partial charge is 0.371 e. The highest BCUT2D eigenvalue weighted by atomic mass is 19.3. The van der Waals surface area contributed by atoms with Crippen molar-refractivity contribution >= 4 is 10.9 Å². The van der Waals surface area contributed by atoms with Crippen LogP contribution in [0.2, 0.25) is 0 Å². The van der Waals surface area contributed by atoms with Gasteiger partial charge in [0.25, 0.3) is 12.0 Å². The van der Waals surface area contributed by atoms with Gasteiger partial charge in [-0.05, 0) is 6.07 Å². The maximum absolute atomic E-state index is 12.9. The van der Waals surface area contributed by atoms with Crippen LogP contribution in [0.15, 0.2) is 35.1 Å². The van der Waals surface area contributed by atoms with Gasteiger partial charge < -0.3 is 9.30 Å². The number of benzene rings is 1. The Balaban J connectivity index is 2.26. The zero-order valence-electron chi connectivity index (χ0n) is 9.48. The molecule has 5 heteroatoms. The third-order valence-electron chi connectivity index (χ3n) is 3.07. The summed E-state index contributed by atoms with van der Waals surface area (Å²) >= 11 is 0. The van der Waals surface area contributed by atoms with E-state index in [1.165, 1.54) is 4.57 Å². The highest BCUT2D eigenvalue weighted by molar-refractivity contribution is 5.82. The number of hydrogen-bond acceptors (Lipinski definition) is 2. The summed E-state index contributed by atoms with van der Waals surface area (Å²) in [5.74, 6) is 0. The van der Waals surface area contributed by atoms with Crippen molar-refractivity contribution in [3.63, 3.8) is 0 Å². The van der Waals surface area contributed by atoms with E-state index in [4.69, 9.17) is 4.74 Å². The molecule has 3 nitrogen and oxygen atoms in total. The summed E-state index contributed by atoms with van der Waals surface area (Å²) in [4.78, 5) is 11.9. The van der Waals surface area contributed by atoms with Gasteiger partial charge in [-0.2, -0.15) is 0 Å². The van der Waals surface area contributed by atoms with Crippen molar-refractivity contribution in [1.82, 2.24) is 4.57 Å². The third-order valence-corrected chi connectivity index (χ3v) is 3.07. The van der Waals surface area contributed by atoms with Crippen molar-refractivity contribution in [1.29, 1.82) is 0 Å². The smallest absolute Gasteiger partial charge is 0.264 e. The van der Waals surface area contributed by atoms with Crippen LogP contribution in [0.3, 0.4) is 0 Å². The van der Waals surface area contributed by atoms with Gasteiger partial charge in [-0.3, -0.25) is 4.79 Å². The Bertz CT molecular complexity index is 647. The minimum atomic E-state index is -2.64. The highest BCUT2D eigenvalue weighted by Gasteiger charge is 2.25. The first-order chi connectivity index (χ1) is 8.66. The number of pyridine rings is 1. The van der Waals surface area contributed by atoms with Crippen LogP contribution in [0.5, 0.6) is 0 Å². The van der Waals surface area contributed by atoms with Crippen LogP contribution >= 0.6 is 0 Å². The topological polar surface area (TPSA) is 34.5 Å². The Kier molecular flexibility index (Phi) is 2.63. The molecular weight excluding hydrogens is 240 g/mol. The fourth-order valence-corrected chi connectivity index (χ4v) is 2.11. The molecule has 1 aromatic carbocycles. The van der Waals surface area contributed by atoms with Gasteiger partial charge in [0.1, 0.15) is 0 Å². The minimum absolute atomic E-state index is 0.0310. The van der Waals surface area contributed by atoms with E-state index in [9.17, 15) is 13.6 Å². The molecule has 0 aliphatic carbocycles. The summed E-state index contributed by atoms with van der Waals surface area (Å²) in [7, 11) is 0. The number of fused-ring (bicyclic) bond motifs is 1. The highest BCUT2D eigenvalue weighted by Crippen LogP contribution is 2.26. The average molecular weight is 251 g/mol. The number of ether oxygens (including phenoxy) is 1. The van der Waals surface area contributed by atoms with Crippen LogP contribution in [0.1, 0.15) is 12.0 Å². The predicted molar refractivity (Wildman–Crippen MR) is 62.9 cm³/mol. The van der Waals surface area contributed by atoms with Gasteiger partial charge >= 0.3 is 0 Å². The zero-order valence-corrected chi connectivity index (χ0v) is 9.48. The molecule has 1 saturated heterocycles. The van der Waals surface area contributed by atoms with E-state index in [0.717, 1.165) is 6.07 Å². The molecule has 0 saturated carbocycles. The zero-order chi connectivity index (χ0) is 12.7. The second-order valence-corrected chi connectivity index (χ2v) is 4.32. The molecule has 2 aromatic rings. The molecule has 1 aliphatic heterocycles. The maximum Gasteiger partial charge on any atom is 0.264 e. The van der Waals surface area contributed by atoms with Crippen LogP contribution < -0.4 is 5.56 Å². The first-order valence-corrected chi connectivity index (χ1v) is 5.69. The number of alkyl halides is 2. The summed E-state index contributed by atoms with van der Waals surface area (Å²) in [6, 6.07) is 7.75. The Labute approximate surface area is 102 Å². The summed E-state index contributed by atoms with van der Waals surface area (Å²) in [6.45, 7) is 1.04. The molecule has 0 bridgehead atoms. The standard InChI is InChI=1S/C13H11F2NO2/c14-13(15)10-5-12(17)16(6-8-7-18-8)11-4-2-1-3-9(10)11/h1-5,8,13H,6-7H2. The number of aromatic nitrogens is 1. The first kappa shape index (κ1) is 11.3. The molecule has 18 heavy (non-hydrogen) atoms. The van der Waals surface area contributed by atoms with Gasteiger partial charge in [0.2, 0.25) is 0 Å². The lowest BCUT2D eigenvalue weighted by Crippen LogP contribution is -2.23. The quantitative estimate of drug-likeness (QED) is 0.785. The van der Waals surface area contributed by atoms with E-state index >= 15 is 0 Å². The number of nitrogens with zero attached hydrogens (tertiary/aromatic N) is 1. The van der Waals surface area contributed by atoms with Crippen LogP contribution in [-0.4, -0.2) is 17.3 Å². The third kappa shape index (κ3) is 1.90. The molecule has 0 N–H and O–H groups in total. The van der Waals surface area contributed by atoms with Gasteiger partial charge in [0.05, 0.1) is 24.8 Å². The lowest BCUT2D eigenvalue weighted by atomic mass is 10.1. The molecule has 1 aromatic heterocycles. The van der Waals surface area contributed by atoms with E-state index in [2.05, 4.69) is 0 Å². The fraction of sp³-hybridized carbons (Fsp3) is 0.308. The van der Waals surface area contributed by atoms with Crippen molar-refractivity contribution in [3.05, 3.63) is 46.2 Å². The predicted octanol–water partition coefficient (Wildman–Crippen LogP) is 2.34. The maximum atomic E-state index is 12.9. The number of rotatable bonds is 3. The van der Waals surface area contributed by atoms with Crippen molar-refractivity contribution in [2.24, 2.45) is 0 Å². The van der Waals surface area contributed by atoms with Crippen molar-refractivity contribution in [3.8, 4) is 0 Å². The molecule has 1 fully saturated rings. The molecule has 2 heterocycles. The molecule has 1 unspecified atom stereocenters. The summed E-state index contributed by atoms with van der Waals surface area (Å²) in [5, 5.41) is 0.424. The SMILES string of the molecule is O=c1cc(C(F)F)c2ccccc2n1CC1CO1. The Hall–Kier alpha value is -1.75. The van der Waals surface area contributed by atoms with E-state index in [1.807, 2.05) is 0 Å². The van der Waals surface area contributed by atoms with Crippen molar-refractivity contribution in [2.75, 3.05) is 6.61 Å². The van der Waals surface area contributed by atoms with Gasteiger partial charge in [0.15, 0.2) is 0 Å². The average Bonchev–Trinajstić information content (AvgIpc) is 3.16. The minimum Gasteiger partial charge on any atom is -0.371 e. The molecular formula is C13H11F2NO2. The van der Waals surface area contributed by atoms with E-state index in [0.29, 0.717) is 24.1 Å². The van der Waals surface area contributed by atoms with Crippen LogP contribution in [0.25, 0.3) is 10.9 Å². The van der Waals surface area contributed by atoms with Gasteiger partial charge in [-0.15, -0.1) is 0 Å². The molecule has 0 spiro atoms. The normalized spacial score (nSPS) is 18.5. The Morgan fingerprint density at radius 1 is 1.39 bits per heavy atom. The molecule has 0 amide bonds. The second-order valence-electron chi connectivity index (χ2n) is 4.32. The molecule has 3 rings (SSSR count). The number of halogens is 2. The molecule has 94 valence electrons. The van der Waals surface area contributed by atoms with Gasteiger partial charge in [-0.1, -0.05) is 18.2 Å². The van der Waals surface area contributed by atoms with Gasteiger partial charge in [0, 0.05) is 17.0 Å². The second kappa shape index (κ2) is 4.17. The first-order valence-electron chi connectivity index (χ1n) is 5.69. The van der Waals surface area contributed by atoms with E-state index in [-0.39, 0.29) is 11.7 Å². The lowest BCUT2D eigenvalue weighted by Gasteiger charge is -2.12. The van der Waals surface area contributed by atoms with E-state index in [1.54, 1.807) is 24.3 Å². The molecule has 1 aliphatic rings. The van der Waals surface area contributed by atoms with Crippen LogP contribution in [0, 0.1) is 0 Å². The molecule has 0 radical (unpaired) electrons. The summed E-state index contributed by atoms with van der Waals surface area (Å²) < 4.78 is 32.4. The van der Waals surface area contributed by atoms with Gasteiger partial charge in [-0.25, -0.2) is 8.78 Å². The fourth-order valence-electron chi connectivity index (χ4n) is 2.11. The van der Waals surface area contributed by atoms with E-state index < -0.39 is 12.0 Å². The summed E-state index contributed by atoms with van der Waals surface area (Å²) in [5.41, 5.74) is -0.0705. The monoisotopic (exact) mass is 251 g/mol. The molecule has 1 atom stereocenters. The van der Waals surface area contributed by atoms with Crippen molar-refractivity contribution in [2.45, 2.75) is 19.1 Å². The number of hydrogen-bond donors (Lipinski definition) is 0. The lowest BCUT2D eigenvalue weighted by molar-refractivity contribution is 0.153. The summed E-state index contributed by atoms with van der Waals surface area (Å²) in [6.07, 6.45) is -2.61. The Morgan fingerprint density at radius 3 is 2.78 bits per heavy atom. The van der Waals surface area contributed by atoms with Crippen molar-refractivity contribution < 1.29 is 13.5 Å². The Morgan fingerprint density at radius 2 is 2.11 bits per heavy atom.